The number of hydrogen-bond acceptors (Lipinski definition) is 4. The first-order valence-corrected chi connectivity index (χ1v) is 9.28. The molecule has 0 atom stereocenters. The normalized spacial score (nSPS) is 11.9. The summed E-state index contributed by atoms with van der Waals surface area (Å²) in [5, 5.41) is 0. The molecule has 0 aliphatic carbocycles. The Bertz CT molecular complexity index is 443. The maximum Gasteiger partial charge on any atom is 0.119 e. The molecule has 1 aromatic carbocycles. The third-order valence-corrected chi connectivity index (χ3v) is 3.91. The van der Waals surface area contributed by atoms with Gasteiger partial charge in [0.1, 0.15) is 18.9 Å². The fraction of sp³-hybridized carbons (Fsp3) is 0.700. The van der Waals surface area contributed by atoms with E-state index in [1.54, 1.807) is 0 Å². The van der Waals surface area contributed by atoms with Crippen molar-refractivity contribution >= 4 is 0 Å². The van der Waals surface area contributed by atoms with Crippen LogP contribution < -0.4 is 4.74 Å². The number of quaternary nitrogens is 1. The molecule has 0 bridgehead atoms. The zero-order valence-electron chi connectivity index (χ0n) is 16.8. The summed E-state index contributed by atoms with van der Waals surface area (Å²) in [5.41, 5.74) is 1.25. The van der Waals surface area contributed by atoms with E-state index in [9.17, 15) is 0 Å². The Morgan fingerprint density at radius 2 is 1.44 bits per heavy atom. The summed E-state index contributed by atoms with van der Waals surface area (Å²) in [7, 11) is 6.54. The minimum absolute atomic E-state index is 0.675. The maximum absolute atomic E-state index is 5.84. The Morgan fingerprint density at radius 1 is 0.840 bits per heavy atom. The van der Waals surface area contributed by atoms with Crippen LogP contribution in [0.4, 0.5) is 0 Å². The zero-order valence-corrected chi connectivity index (χ0v) is 16.8. The van der Waals surface area contributed by atoms with Crippen LogP contribution in [-0.2, 0) is 9.47 Å². The Morgan fingerprint density at radius 3 is 2.04 bits per heavy atom. The molecule has 0 saturated heterocycles. The number of aryl methyl sites for hydroxylation is 1. The van der Waals surface area contributed by atoms with Crippen LogP contribution in [0.1, 0.15) is 12.5 Å². The largest absolute Gasteiger partial charge is 0.492 e. The van der Waals surface area contributed by atoms with Gasteiger partial charge in [-0.05, 0) is 26.0 Å². The van der Waals surface area contributed by atoms with Gasteiger partial charge >= 0.3 is 0 Å². The van der Waals surface area contributed by atoms with Gasteiger partial charge in [-0.3, -0.25) is 4.90 Å². The van der Waals surface area contributed by atoms with E-state index >= 15 is 0 Å². The molecule has 0 heterocycles. The van der Waals surface area contributed by atoms with Crippen LogP contribution in [0, 0.1) is 6.92 Å². The molecule has 5 heteroatoms. The van der Waals surface area contributed by atoms with Gasteiger partial charge in [-0.2, -0.15) is 0 Å². The fourth-order valence-electron chi connectivity index (χ4n) is 2.23. The molecule has 0 spiro atoms. The lowest BCUT2D eigenvalue weighted by atomic mass is 10.2. The first-order valence-electron chi connectivity index (χ1n) is 9.28. The average molecular weight is 354 g/mol. The quantitative estimate of drug-likeness (QED) is 0.380. The molecule has 0 saturated carbocycles. The molecule has 0 fully saturated rings. The highest BCUT2D eigenvalue weighted by molar-refractivity contribution is 5.26. The summed E-state index contributed by atoms with van der Waals surface area (Å²) in [6.07, 6.45) is 0. The number of nitrogens with zero attached hydrogens (tertiary/aromatic N) is 2. The van der Waals surface area contributed by atoms with Crippen molar-refractivity contribution in [1.29, 1.82) is 0 Å². The number of hydrogen-bond donors (Lipinski definition) is 0. The van der Waals surface area contributed by atoms with Crippen LogP contribution in [-0.4, -0.2) is 89.7 Å². The van der Waals surface area contributed by atoms with Crippen LogP contribution >= 0.6 is 0 Å². The van der Waals surface area contributed by atoms with Gasteiger partial charge in [0.05, 0.1) is 41.0 Å². The third-order valence-electron chi connectivity index (χ3n) is 3.91. The van der Waals surface area contributed by atoms with Crippen molar-refractivity contribution in [2.75, 3.05) is 80.4 Å². The lowest BCUT2D eigenvalue weighted by molar-refractivity contribution is -0.870. The molecule has 0 amide bonds. The molecule has 25 heavy (non-hydrogen) atoms. The van der Waals surface area contributed by atoms with Crippen LogP contribution in [0.3, 0.4) is 0 Å². The predicted molar refractivity (Wildman–Crippen MR) is 103 cm³/mol. The molecule has 0 aliphatic heterocycles. The molecule has 0 N–H and O–H groups in total. The monoisotopic (exact) mass is 353 g/mol. The molecule has 0 radical (unpaired) electrons. The predicted octanol–water partition coefficient (Wildman–Crippen LogP) is 2.44. The first-order chi connectivity index (χ1) is 11.9. The van der Waals surface area contributed by atoms with Gasteiger partial charge < -0.3 is 18.7 Å². The van der Waals surface area contributed by atoms with Gasteiger partial charge in [0.2, 0.25) is 0 Å². The van der Waals surface area contributed by atoms with Crippen molar-refractivity contribution < 1.29 is 18.7 Å². The smallest absolute Gasteiger partial charge is 0.119 e. The number of ether oxygens (including phenoxy) is 3. The summed E-state index contributed by atoms with van der Waals surface area (Å²) in [4.78, 5) is 2.34. The molecule has 1 aromatic rings. The highest BCUT2D eigenvalue weighted by Gasteiger charge is 2.08. The maximum atomic E-state index is 5.84. The van der Waals surface area contributed by atoms with Crippen molar-refractivity contribution in [2.24, 2.45) is 0 Å². The highest BCUT2D eigenvalue weighted by atomic mass is 16.5. The molecule has 1 rings (SSSR count). The van der Waals surface area contributed by atoms with Crippen molar-refractivity contribution in [2.45, 2.75) is 13.8 Å². The summed E-state index contributed by atoms with van der Waals surface area (Å²) >= 11 is 0. The Balaban J connectivity index is 2.27. The number of benzene rings is 1. The van der Waals surface area contributed by atoms with E-state index in [0.717, 1.165) is 62.8 Å². The lowest BCUT2D eigenvalue weighted by Crippen LogP contribution is -2.38. The first kappa shape index (κ1) is 21.9. The molecular weight excluding hydrogens is 316 g/mol. The molecule has 0 unspecified atom stereocenters. The van der Waals surface area contributed by atoms with Crippen molar-refractivity contribution in [3.8, 4) is 5.75 Å². The topological polar surface area (TPSA) is 30.9 Å². The Kier molecular flexibility index (Phi) is 10.7. The Labute approximate surface area is 154 Å². The minimum Gasteiger partial charge on any atom is -0.492 e. The highest BCUT2D eigenvalue weighted by Crippen LogP contribution is 2.11. The summed E-state index contributed by atoms with van der Waals surface area (Å²) in [6.45, 7) is 11.5. The second-order valence-electron chi connectivity index (χ2n) is 7.33. The number of likely N-dealkylation sites (N-methyl/N-ethyl adjacent to an activating group) is 1. The second kappa shape index (κ2) is 12.3. The molecule has 5 nitrogen and oxygen atoms in total. The Hall–Kier alpha value is -1.14. The van der Waals surface area contributed by atoms with Gasteiger partial charge in [-0.25, -0.2) is 0 Å². The fourth-order valence-corrected chi connectivity index (χ4v) is 2.23. The number of rotatable bonds is 14. The van der Waals surface area contributed by atoms with E-state index in [1.807, 2.05) is 19.1 Å². The van der Waals surface area contributed by atoms with Crippen LogP contribution in [0.5, 0.6) is 5.75 Å². The summed E-state index contributed by atoms with van der Waals surface area (Å²) in [5.74, 6) is 0.926. The van der Waals surface area contributed by atoms with Gasteiger partial charge in [0, 0.05) is 26.2 Å². The third kappa shape index (κ3) is 11.9. The van der Waals surface area contributed by atoms with Crippen molar-refractivity contribution in [1.82, 2.24) is 4.90 Å². The van der Waals surface area contributed by atoms with E-state index < -0.39 is 0 Å². The zero-order chi connectivity index (χ0) is 18.5. The van der Waals surface area contributed by atoms with Crippen molar-refractivity contribution in [3.05, 3.63) is 29.8 Å². The van der Waals surface area contributed by atoms with Gasteiger partial charge in [-0.1, -0.05) is 17.7 Å². The van der Waals surface area contributed by atoms with E-state index in [-0.39, 0.29) is 0 Å². The van der Waals surface area contributed by atoms with E-state index in [4.69, 9.17) is 14.2 Å². The SMILES string of the molecule is CCOCCN(CCOCC[N+](C)(C)C)CCOc1ccc(C)cc1. The minimum atomic E-state index is 0.675. The van der Waals surface area contributed by atoms with Crippen molar-refractivity contribution in [3.63, 3.8) is 0 Å². The van der Waals surface area contributed by atoms with Crippen LogP contribution in [0.15, 0.2) is 24.3 Å². The van der Waals surface area contributed by atoms with E-state index in [1.165, 1.54) is 5.56 Å². The van der Waals surface area contributed by atoms with Gasteiger partial charge in [0.25, 0.3) is 0 Å². The summed E-state index contributed by atoms with van der Waals surface area (Å²) in [6, 6.07) is 8.19. The second-order valence-corrected chi connectivity index (χ2v) is 7.33. The standard InChI is InChI=1S/C20H37N2O3/c1-6-23-15-11-21(12-16-24-18-14-22(3,4)5)13-17-25-20-9-7-19(2)8-10-20/h7-10H,6,11-18H2,1-5H3/q+1. The van der Waals surface area contributed by atoms with Gasteiger partial charge in [0.15, 0.2) is 0 Å². The molecular formula is C20H37N2O3+. The van der Waals surface area contributed by atoms with Gasteiger partial charge in [-0.15, -0.1) is 0 Å². The molecule has 0 aliphatic rings. The molecule has 0 aromatic heterocycles. The molecule has 144 valence electrons. The average Bonchev–Trinajstić information content (AvgIpc) is 2.55. The van der Waals surface area contributed by atoms with E-state index in [0.29, 0.717) is 6.61 Å². The van der Waals surface area contributed by atoms with E-state index in [2.05, 4.69) is 45.1 Å². The summed E-state index contributed by atoms with van der Waals surface area (Å²) < 4.78 is 18.0. The lowest BCUT2D eigenvalue weighted by Gasteiger charge is -2.25. The van der Waals surface area contributed by atoms with Crippen LogP contribution in [0.2, 0.25) is 0 Å². The van der Waals surface area contributed by atoms with Crippen LogP contribution in [0.25, 0.3) is 0 Å².